The van der Waals surface area contributed by atoms with Crippen LogP contribution in [0.2, 0.25) is 0 Å². The van der Waals surface area contributed by atoms with E-state index < -0.39 is 0 Å². The van der Waals surface area contributed by atoms with E-state index >= 15 is 0 Å². The van der Waals surface area contributed by atoms with Crippen molar-refractivity contribution < 1.29 is 0 Å². The Morgan fingerprint density at radius 1 is 0.500 bits per heavy atom. The van der Waals surface area contributed by atoms with E-state index in [1.165, 1.54) is 51.5 Å². The van der Waals surface area contributed by atoms with E-state index in [0.717, 1.165) is 0 Å². The molecule has 0 unspecified atom stereocenters. The minimum atomic E-state index is 1.33. The number of hydrogen-bond donors (Lipinski definition) is 0. The predicted molar refractivity (Wildman–Crippen MR) is 102 cm³/mol. The Balaban J connectivity index is 1.99. The van der Waals surface area contributed by atoms with Crippen molar-refractivity contribution in [2.75, 3.05) is 0 Å². The smallest absolute Gasteiger partial charge is 0.0362 e. The number of thiophene rings is 2. The van der Waals surface area contributed by atoms with Crippen LogP contribution in [0.1, 0.15) is 11.1 Å². The first kappa shape index (κ1) is 12.6. The SMILES string of the molecule is Cc1ccc2sc3cc4c(cc3c2c1)sc1ccc(C)cc14. The highest BCUT2D eigenvalue weighted by molar-refractivity contribution is 7.27. The molecule has 5 aromatic rings. The average Bonchev–Trinajstić information content (AvgIpc) is 3.02. The topological polar surface area (TPSA) is 0 Å². The van der Waals surface area contributed by atoms with Crippen LogP contribution in [0.25, 0.3) is 40.3 Å². The van der Waals surface area contributed by atoms with E-state index in [4.69, 9.17) is 0 Å². The maximum atomic E-state index is 2.39. The van der Waals surface area contributed by atoms with Crippen LogP contribution < -0.4 is 0 Å². The van der Waals surface area contributed by atoms with Gasteiger partial charge in [0.15, 0.2) is 0 Å². The third-order valence-electron chi connectivity index (χ3n) is 4.37. The summed E-state index contributed by atoms with van der Waals surface area (Å²) in [7, 11) is 0. The quantitative estimate of drug-likeness (QED) is 0.287. The lowest BCUT2D eigenvalue weighted by molar-refractivity contribution is 1.52. The monoisotopic (exact) mass is 318 g/mol. The molecule has 0 aliphatic rings. The molecule has 0 bridgehead atoms. The van der Waals surface area contributed by atoms with Crippen LogP contribution in [-0.4, -0.2) is 0 Å². The number of benzene rings is 3. The fourth-order valence-electron chi connectivity index (χ4n) is 3.27. The summed E-state index contributed by atoms with van der Waals surface area (Å²) in [5.41, 5.74) is 2.67. The predicted octanol–water partition coefficient (Wildman–Crippen LogP) is 7.04. The molecule has 0 aliphatic carbocycles. The summed E-state index contributed by atoms with van der Waals surface area (Å²) in [5.74, 6) is 0. The van der Waals surface area contributed by atoms with E-state index in [1.54, 1.807) is 0 Å². The Kier molecular flexibility index (Phi) is 2.47. The maximum Gasteiger partial charge on any atom is 0.0362 e. The fraction of sp³-hybridized carbons (Fsp3) is 0.100. The van der Waals surface area contributed by atoms with Gasteiger partial charge in [0.25, 0.3) is 0 Å². The summed E-state index contributed by atoms with van der Waals surface area (Å²) >= 11 is 3.81. The van der Waals surface area contributed by atoms with E-state index in [9.17, 15) is 0 Å². The third-order valence-corrected chi connectivity index (χ3v) is 6.64. The summed E-state index contributed by atoms with van der Waals surface area (Å²) in [6, 6.07) is 18.3. The van der Waals surface area contributed by atoms with Crippen LogP contribution in [0.3, 0.4) is 0 Å². The van der Waals surface area contributed by atoms with Crippen molar-refractivity contribution in [1.29, 1.82) is 0 Å². The first-order valence-electron chi connectivity index (χ1n) is 7.45. The molecule has 0 fully saturated rings. The number of rotatable bonds is 0. The molecule has 0 atom stereocenters. The Morgan fingerprint density at radius 3 is 1.36 bits per heavy atom. The first-order chi connectivity index (χ1) is 10.7. The minimum absolute atomic E-state index is 1.33. The summed E-state index contributed by atoms with van der Waals surface area (Å²) < 4.78 is 5.57. The van der Waals surface area contributed by atoms with Gasteiger partial charge < -0.3 is 0 Å². The molecule has 0 spiro atoms. The van der Waals surface area contributed by atoms with Gasteiger partial charge in [0.1, 0.15) is 0 Å². The van der Waals surface area contributed by atoms with Gasteiger partial charge in [0.2, 0.25) is 0 Å². The van der Waals surface area contributed by atoms with Gasteiger partial charge in [-0.15, -0.1) is 22.7 Å². The van der Waals surface area contributed by atoms with Crippen LogP contribution >= 0.6 is 22.7 Å². The number of aryl methyl sites for hydroxylation is 2. The zero-order valence-electron chi connectivity index (χ0n) is 12.4. The standard InChI is InChI=1S/C20H14S2/c1-11-3-5-17-13(7-11)15-9-20-16(10-19(15)21-17)14-8-12(2)4-6-18(14)22-20/h3-10H,1-2H3. The zero-order chi connectivity index (χ0) is 14.8. The van der Waals surface area contributed by atoms with Gasteiger partial charge in [-0.05, 0) is 50.2 Å². The van der Waals surface area contributed by atoms with E-state index in [0.29, 0.717) is 0 Å². The van der Waals surface area contributed by atoms with Gasteiger partial charge in [0.05, 0.1) is 0 Å². The van der Waals surface area contributed by atoms with Crippen molar-refractivity contribution in [3.05, 3.63) is 59.7 Å². The van der Waals surface area contributed by atoms with E-state index in [2.05, 4.69) is 62.4 Å². The fourth-order valence-corrected chi connectivity index (χ4v) is 5.49. The molecule has 0 amide bonds. The van der Waals surface area contributed by atoms with Gasteiger partial charge in [0, 0.05) is 40.3 Å². The van der Waals surface area contributed by atoms with Crippen LogP contribution in [0, 0.1) is 13.8 Å². The van der Waals surface area contributed by atoms with Gasteiger partial charge in [-0.2, -0.15) is 0 Å². The van der Waals surface area contributed by atoms with Crippen molar-refractivity contribution >= 4 is 63.0 Å². The molecule has 0 radical (unpaired) electrons. The number of fused-ring (bicyclic) bond motifs is 6. The van der Waals surface area contributed by atoms with Crippen LogP contribution in [0.15, 0.2) is 48.5 Å². The molecule has 0 saturated heterocycles. The van der Waals surface area contributed by atoms with Crippen molar-refractivity contribution in [2.24, 2.45) is 0 Å². The van der Waals surface area contributed by atoms with Crippen molar-refractivity contribution in [1.82, 2.24) is 0 Å². The molecule has 2 heteroatoms. The van der Waals surface area contributed by atoms with Crippen LogP contribution in [0.5, 0.6) is 0 Å². The highest BCUT2D eigenvalue weighted by atomic mass is 32.1. The third kappa shape index (κ3) is 1.68. The minimum Gasteiger partial charge on any atom is -0.135 e. The Morgan fingerprint density at radius 2 is 0.909 bits per heavy atom. The summed E-state index contributed by atoms with van der Waals surface area (Å²) in [5, 5.41) is 5.60. The Bertz CT molecular complexity index is 1090. The molecule has 106 valence electrons. The molecule has 2 heterocycles. The van der Waals surface area contributed by atoms with E-state index in [-0.39, 0.29) is 0 Å². The molecular weight excluding hydrogens is 304 g/mol. The normalized spacial score (nSPS) is 12.1. The van der Waals surface area contributed by atoms with E-state index in [1.807, 2.05) is 22.7 Å². The largest absolute Gasteiger partial charge is 0.135 e. The Hall–Kier alpha value is -1.90. The molecule has 22 heavy (non-hydrogen) atoms. The van der Waals surface area contributed by atoms with Gasteiger partial charge in [-0.25, -0.2) is 0 Å². The van der Waals surface area contributed by atoms with Gasteiger partial charge in [-0.1, -0.05) is 23.3 Å². The van der Waals surface area contributed by atoms with Crippen LogP contribution in [0.4, 0.5) is 0 Å². The first-order valence-corrected chi connectivity index (χ1v) is 9.08. The summed E-state index contributed by atoms with van der Waals surface area (Å²) in [6.07, 6.45) is 0. The Labute approximate surface area is 136 Å². The maximum absolute atomic E-state index is 2.39. The van der Waals surface area contributed by atoms with Crippen molar-refractivity contribution in [3.8, 4) is 0 Å². The lowest BCUT2D eigenvalue weighted by atomic mass is 10.1. The average molecular weight is 318 g/mol. The molecule has 3 aromatic carbocycles. The molecular formula is C20H14S2. The molecule has 2 aromatic heterocycles. The van der Waals surface area contributed by atoms with Crippen molar-refractivity contribution in [2.45, 2.75) is 13.8 Å². The highest BCUT2D eigenvalue weighted by Gasteiger charge is 2.11. The second-order valence-corrected chi connectivity index (χ2v) is 8.22. The van der Waals surface area contributed by atoms with Crippen molar-refractivity contribution in [3.63, 3.8) is 0 Å². The molecule has 0 nitrogen and oxygen atoms in total. The second kappa shape index (κ2) is 4.31. The molecule has 0 N–H and O–H groups in total. The number of hydrogen-bond acceptors (Lipinski definition) is 2. The zero-order valence-corrected chi connectivity index (χ0v) is 14.1. The molecule has 5 rings (SSSR count). The lowest BCUT2D eigenvalue weighted by Gasteiger charge is -1.96. The lowest BCUT2D eigenvalue weighted by Crippen LogP contribution is -1.72. The second-order valence-electron chi connectivity index (χ2n) is 6.05. The summed E-state index contributed by atoms with van der Waals surface area (Å²) in [4.78, 5) is 0. The van der Waals surface area contributed by atoms with Gasteiger partial charge in [-0.3, -0.25) is 0 Å². The summed E-state index contributed by atoms with van der Waals surface area (Å²) in [6.45, 7) is 4.34. The highest BCUT2D eigenvalue weighted by Crippen LogP contribution is 2.41. The molecule has 0 aliphatic heterocycles. The van der Waals surface area contributed by atoms with Gasteiger partial charge >= 0.3 is 0 Å². The molecule has 0 saturated carbocycles. The van der Waals surface area contributed by atoms with Crippen LogP contribution in [-0.2, 0) is 0 Å².